The highest BCUT2D eigenvalue weighted by atomic mass is 35.5. The van der Waals surface area contributed by atoms with Gasteiger partial charge in [-0.3, -0.25) is 4.79 Å². The molecule has 1 aliphatic rings. The number of nitrogens with one attached hydrogen (secondary N) is 2. The zero-order chi connectivity index (χ0) is 20.5. The molecule has 0 aliphatic carbocycles. The van der Waals surface area contributed by atoms with Gasteiger partial charge in [-0.1, -0.05) is 53.5 Å². The van der Waals surface area contributed by atoms with Crippen molar-refractivity contribution in [3.8, 4) is 11.3 Å². The number of hydrogen-bond donors (Lipinski definition) is 2. The minimum absolute atomic E-state index is 0.0879. The van der Waals surface area contributed by atoms with Gasteiger partial charge in [0.05, 0.1) is 10.7 Å². The topological polar surface area (TPSA) is 54.3 Å². The minimum Gasteiger partial charge on any atom is -0.458 e. The minimum atomic E-state index is -0.525. The van der Waals surface area contributed by atoms with Crippen LogP contribution in [0.3, 0.4) is 0 Å². The van der Waals surface area contributed by atoms with Gasteiger partial charge in [-0.05, 0) is 55.0 Å². The molecular weight excluding hydrogens is 427 g/mol. The SMILES string of the molecule is CC(=O)C1=C(c2ccccc2)NC(=S)N[C@H]1c1ccc(-c2cc(Cl)ccc2Cl)o1. The van der Waals surface area contributed by atoms with Crippen LogP contribution in [0.5, 0.6) is 0 Å². The number of thiocarbonyl (C=S) groups is 1. The van der Waals surface area contributed by atoms with Crippen molar-refractivity contribution < 1.29 is 9.21 Å². The summed E-state index contributed by atoms with van der Waals surface area (Å²) in [6.45, 7) is 1.53. The molecule has 0 fully saturated rings. The molecule has 0 radical (unpaired) electrons. The van der Waals surface area contributed by atoms with Crippen molar-refractivity contribution in [2.24, 2.45) is 0 Å². The Balaban J connectivity index is 1.81. The van der Waals surface area contributed by atoms with Crippen LogP contribution in [-0.4, -0.2) is 10.9 Å². The van der Waals surface area contributed by atoms with Crippen LogP contribution in [0.25, 0.3) is 17.0 Å². The third-order valence-electron chi connectivity index (χ3n) is 4.62. The summed E-state index contributed by atoms with van der Waals surface area (Å²) < 4.78 is 6.08. The molecule has 0 saturated carbocycles. The third kappa shape index (κ3) is 3.94. The summed E-state index contributed by atoms with van der Waals surface area (Å²) in [5.41, 5.74) is 2.77. The zero-order valence-corrected chi connectivity index (χ0v) is 17.7. The lowest BCUT2D eigenvalue weighted by molar-refractivity contribution is -0.113. The van der Waals surface area contributed by atoms with E-state index in [1.54, 1.807) is 24.3 Å². The van der Waals surface area contributed by atoms with Crippen LogP contribution in [0.1, 0.15) is 24.3 Å². The normalized spacial score (nSPS) is 16.4. The van der Waals surface area contributed by atoms with Crippen molar-refractivity contribution in [3.63, 3.8) is 0 Å². The number of carbonyl (C=O) groups is 1. The van der Waals surface area contributed by atoms with Gasteiger partial charge in [0.25, 0.3) is 0 Å². The van der Waals surface area contributed by atoms with Crippen molar-refractivity contribution in [1.82, 2.24) is 10.6 Å². The summed E-state index contributed by atoms with van der Waals surface area (Å²) >= 11 is 17.8. The van der Waals surface area contributed by atoms with Gasteiger partial charge in [-0.25, -0.2) is 0 Å². The van der Waals surface area contributed by atoms with E-state index in [-0.39, 0.29) is 5.78 Å². The number of Topliss-reactive ketones (excluding diaryl/α,β-unsaturated/α-hetero) is 1. The molecule has 0 amide bonds. The quantitative estimate of drug-likeness (QED) is 0.502. The van der Waals surface area contributed by atoms with Crippen molar-refractivity contribution in [2.75, 3.05) is 0 Å². The van der Waals surface area contributed by atoms with E-state index < -0.39 is 6.04 Å². The second-order valence-corrected chi connectivity index (χ2v) is 7.82. The van der Waals surface area contributed by atoms with E-state index in [2.05, 4.69) is 10.6 Å². The lowest BCUT2D eigenvalue weighted by Crippen LogP contribution is -2.44. The Hall–Kier alpha value is -2.60. The van der Waals surface area contributed by atoms with E-state index in [1.807, 2.05) is 36.4 Å². The maximum atomic E-state index is 12.6. The van der Waals surface area contributed by atoms with E-state index in [0.29, 0.717) is 43.5 Å². The molecular formula is C22H16Cl2N2O2S. The molecule has 1 atom stereocenters. The van der Waals surface area contributed by atoms with Crippen LogP contribution < -0.4 is 10.6 Å². The number of furan rings is 1. The largest absolute Gasteiger partial charge is 0.458 e. The molecule has 0 bridgehead atoms. The summed E-state index contributed by atoms with van der Waals surface area (Å²) in [6.07, 6.45) is 0. The van der Waals surface area contributed by atoms with Gasteiger partial charge in [0.1, 0.15) is 17.6 Å². The molecule has 0 saturated heterocycles. The van der Waals surface area contributed by atoms with E-state index in [0.717, 1.165) is 5.56 Å². The average molecular weight is 443 g/mol. The molecule has 0 spiro atoms. The molecule has 3 aromatic rings. The van der Waals surface area contributed by atoms with Crippen LogP contribution in [0, 0.1) is 0 Å². The monoisotopic (exact) mass is 442 g/mol. The van der Waals surface area contributed by atoms with Crippen LogP contribution in [0.15, 0.2) is 70.7 Å². The highest BCUT2D eigenvalue weighted by Gasteiger charge is 2.32. The van der Waals surface area contributed by atoms with Crippen LogP contribution >= 0.6 is 35.4 Å². The summed E-state index contributed by atoms with van der Waals surface area (Å²) in [5, 5.41) is 7.75. The average Bonchev–Trinajstić information content (AvgIpc) is 3.19. The predicted molar refractivity (Wildman–Crippen MR) is 120 cm³/mol. The fourth-order valence-electron chi connectivity index (χ4n) is 3.33. The van der Waals surface area contributed by atoms with E-state index in [9.17, 15) is 4.79 Å². The first-order chi connectivity index (χ1) is 13.9. The molecule has 7 heteroatoms. The van der Waals surface area contributed by atoms with E-state index in [4.69, 9.17) is 39.8 Å². The first kappa shape index (κ1) is 19.7. The van der Waals surface area contributed by atoms with Gasteiger partial charge >= 0.3 is 0 Å². The molecule has 1 aromatic heterocycles. The lowest BCUT2D eigenvalue weighted by Gasteiger charge is -2.29. The Morgan fingerprint density at radius 2 is 1.83 bits per heavy atom. The number of hydrogen-bond acceptors (Lipinski definition) is 3. The van der Waals surface area contributed by atoms with E-state index in [1.165, 1.54) is 6.92 Å². The lowest BCUT2D eigenvalue weighted by atomic mass is 9.94. The van der Waals surface area contributed by atoms with Crippen LogP contribution in [-0.2, 0) is 4.79 Å². The van der Waals surface area contributed by atoms with Crippen LogP contribution in [0.2, 0.25) is 10.0 Å². The van der Waals surface area contributed by atoms with E-state index >= 15 is 0 Å². The smallest absolute Gasteiger partial charge is 0.171 e. The van der Waals surface area contributed by atoms with Gasteiger partial charge in [-0.2, -0.15) is 0 Å². The van der Waals surface area contributed by atoms with Crippen molar-refractivity contribution in [3.05, 3.63) is 87.6 Å². The summed E-state index contributed by atoms with van der Waals surface area (Å²) in [4.78, 5) is 12.6. The van der Waals surface area contributed by atoms with Gasteiger partial charge < -0.3 is 15.1 Å². The van der Waals surface area contributed by atoms with Crippen molar-refractivity contribution in [2.45, 2.75) is 13.0 Å². The van der Waals surface area contributed by atoms with Gasteiger partial charge in [-0.15, -0.1) is 0 Å². The van der Waals surface area contributed by atoms with Crippen molar-refractivity contribution >= 4 is 52.0 Å². The maximum Gasteiger partial charge on any atom is 0.171 e. The zero-order valence-electron chi connectivity index (χ0n) is 15.3. The molecule has 2 aromatic carbocycles. The fraction of sp³-hybridized carbons (Fsp3) is 0.0909. The molecule has 4 rings (SSSR count). The number of rotatable bonds is 4. The molecule has 146 valence electrons. The highest BCUT2D eigenvalue weighted by molar-refractivity contribution is 7.80. The number of carbonyl (C=O) groups excluding carboxylic acids is 1. The second-order valence-electron chi connectivity index (χ2n) is 6.57. The molecule has 4 nitrogen and oxygen atoms in total. The molecule has 2 heterocycles. The Labute approximate surface area is 183 Å². The molecule has 0 unspecified atom stereocenters. The van der Waals surface area contributed by atoms with Gasteiger partial charge in [0, 0.05) is 16.2 Å². The number of ketones is 1. The molecule has 29 heavy (non-hydrogen) atoms. The standard InChI is InChI=1S/C22H16Cl2N2O2S/c1-12(27)19-20(13-5-3-2-4-6-13)25-22(29)26-21(19)18-10-9-17(28-18)15-11-14(23)7-8-16(15)24/h2-11,21H,1H3,(H2,25,26,29)/t21-/m0/s1. The number of benzene rings is 2. The summed E-state index contributed by atoms with van der Waals surface area (Å²) in [6, 6.07) is 17.9. The summed E-state index contributed by atoms with van der Waals surface area (Å²) in [5.74, 6) is 1.02. The van der Waals surface area contributed by atoms with Gasteiger partial charge in [0.2, 0.25) is 0 Å². The maximum absolute atomic E-state index is 12.6. The molecule has 2 N–H and O–H groups in total. The second kappa shape index (κ2) is 8.03. The fourth-order valence-corrected chi connectivity index (χ4v) is 3.93. The Morgan fingerprint density at radius 3 is 2.55 bits per heavy atom. The third-order valence-corrected chi connectivity index (χ3v) is 5.40. The first-order valence-electron chi connectivity index (χ1n) is 8.87. The Morgan fingerprint density at radius 1 is 1.07 bits per heavy atom. The van der Waals surface area contributed by atoms with Crippen LogP contribution in [0.4, 0.5) is 0 Å². The number of halogens is 2. The highest BCUT2D eigenvalue weighted by Crippen LogP contribution is 2.37. The van der Waals surface area contributed by atoms with Gasteiger partial charge in [0.15, 0.2) is 10.9 Å². The Kier molecular flexibility index (Phi) is 5.46. The summed E-state index contributed by atoms with van der Waals surface area (Å²) in [7, 11) is 0. The first-order valence-corrected chi connectivity index (χ1v) is 10.0. The predicted octanol–water partition coefficient (Wildman–Crippen LogP) is 5.77. The van der Waals surface area contributed by atoms with Crippen molar-refractivity contribution in [1.29, 1.82) is 0 Å². The molecule has 1 aliphatic heterocycles. The Bertz CT molecular complexity index is 1140.